The van der Waals surface area contributed by atoms with E-state index in [-0.39, 0.29) is 18.8 Å². The lowest BCUT2D eigenvalue weighted by molar-refractivity contribution is -0.172. The van der Waals surface area contributed by atoms with Gasteiger partial charge in [0.15, 0.2) is 5.60 Å². The summed E-state index contributed by atoms with van der Waals surface area (Å²) in [4.78, 5) is 30.3. The largest absolute Gasteiger partial charge is 0.458 e. The van der Waals surface area contributed by atoms with Gasteiger partial charge in [0.1, 0.15) is 22.7 Å². The van der Waals surface area contributed by atoms with Gasteiger partial charge in [-0.1, -0.05) is 19.1 Å². The smallest absolute Gasteiger partial charge is 0.343 e. The predicted molar refractivity (Wildman–Crippen MR) is 139 cm³/mol. The Morgan fingerprint density at radius 1 is 1.34 bits per heavy atom. The van der Waals surface area contributed by atoms with Crippen LogP contribution in [0.3, 0.4) is 0 Å². The third-order valence-electron chi connectivity index (χ3n) is 8.24. The highest BCUT2D eigenvalue weighted by atomic mass is 32.1. The SMILES string of the molecule is CC[C@@]1(O)C(=O)OCc2c1cc1n(c2=S)Cc2c-1nc1cc(F)c(C)c3c1c2C(NC(=O)C(C)(C)O)CC3. The number of esters is 1. The Balaban J connectivity index is 1.64. The second-order valence-corrected chi connectivity index (χ2v) is 11.3. The first-order chi connectivity index (χ1) is 17.9. The average molecular weight is 538 g/mol. The molecule has 1 amide bonds. The van der Waals surface area contributed by atoms with Crippen molar-refractivity contribution >= 4 is 35.0 Å². The van der Waals surface area contributed by atoms with Gasteiger partial charge in [0.25, 0.3) is 5.91 Å². The lowest BCUT2D eigenvalue weighted by Gasteiger charge is -2.32. The molecule has 3 aromatic rings. The van der Waals surface area contributed by atoms with E-state index in [9.17, 15) is 24.2 Å². The standard InChI is InChI=1S/C28H28FN3O5S/c1-5-28(36)16-8-20-23-14(10-32(20)24(38)15(16)11-37-26(28)34)22-18(31-25(33)27(3,4)35)7-6-13-12(2)17(29)9-19(30-23)21(13)22/h8-9,18,35-36H,5-7,10-11H2,1-4H3,(H,31,33)/t18?,28-/m0/s1. The average Bonchev–Trinajstić information content (AvgIpc) is 3.23. The van der Waals surface area contributed by atoms with Gasteiger partial charge in [0.05, 0.1) is 29.5 Å². The Hall–Kier alpha value is -3.21. The van der Waals surface area contributed by atoms with E-state index in [0.717, 1.165) is 22.1 Å². The van der Waals surface area contributed by atoms with E-state index in [1.165, 1.54) is 19.9 Å². The summed E-state index contributed by atoms with van der Waals surface area (Å²) >= 11 is 5.83. The van der Waals surface area contributed by atoms with Crippen molar-refractivity contribution in [3.8, 4) is 11.4 Å². The zero-order chi connectivity index (χ0) is 27.3. The van der Waals surface area contributed by atoms with Crippen molar-refractivity contribution in [2.75, 3.05) is 0 Å². The second kappa shape index (κ2) is 8.14. The zero-order valence-corrected chi connectivity index (χ0v) is 22.4. The van der Waals surface area contributed by atoms with E-state index in [0.29, 0.717) is 57.6 Å². The molecule has 0 fully saturated rings. The predicted octanol–water partition coefficient (Wildman–Crippen LogP) is 3.77. The van der Waals surface area contributed by atoms with Crippen LogP contribution >= 0.6 is 12.2 Å². The molecule has 2 aliphatic heterocycles. The number of cyclic esters (lactones) is 1. The minimum Gasteiger partial charge on any atom is -0.458 e. The van der Waals surface area contributed by atoms with Crippen LogP contribution < -0.4 is 5.32 Å². The molecule has 3 N–H and O–H groups in total. The van der Waals surface area contributed by atoms with Crippen molar-refractivity contribution in [3.05, 3.63) is 56.0 Å². The molecule has 4 heterocycles. The second-order valence-electron chi connectivity index (χ2n) is 10.9. The Morgan fingerprint density at radius 3 is 2.76 bits per heavy atom. The van der Waals surface area contributed by atoms with Crippen molar-refractivity contribution in [2.45, 2.75) is 77.4 Å². The van der Waals surface area contributed by atoms with E-state index in [4.69, 9.17) is 21.9 Å². The van der Waals surface area contributed by atoms with Crippen LogP contribution in [0, 0.1) is 17.4 Å². The first-order valence-corrected chi connectivity index (χ1v) is 13.1. The molecule has 198 valence electrons. The number of carbonyl (C=O) groups excluding carboxylic acids is 2. The highest BCUT2D eigenvalue weighted by molar-refractivity contribution is 7.71. The quantitative estimate of drug-likeness (QED) is 0.269. The molecule has 0 saturated heterocycles. The minimum atomic E-state index is -1.83. The van der Waals surface area contributed by atoms with Crippen molar-refractivity contribution in [3.63, 3.8) is 0 Å². The summed E-state index contributed by atoms with van der Waals surface area (Å²) < 4.78 is 22.6. The number of aryl methyl sites for hydroxylation is 1. The number of hydrogen-bond donors (Lipinski definition) is 3. The number of rotatable bonds is 3. The Labute approximate surface area is 223 Å². The molecule has 10 heteroatoms. The van der Waals surface area contributed by atoms with Crippen LogP contribution in [0.5, 0.6) is 0 Å². The molecule has 1 aromatic carbocycles. The molecule has 6 rings (SSSR count). The molecule has 2 atom stereocenters. The number of halogens is 1. The molecule has 1 unspecified atom stereocenters. The molecular weight excluding hydrogens is 509 g/mol. The Morgan fingerprint density at radius 2 is 2.08 bits per heavy atom. The molecule has 8 nitrogen and oxygen atoms in total. The molecule has 38 heavy (non-hydrogen) atoms. The zero-order valence-electron chi connectivity index (χ0n) is 21.6. The lowest BCUT2D eigenvalue weighted by Crippen LogP contribution is -2.44. The summed E-state index contributed by atoms with van der Waals surface area (Å²) in [5.74, 6) is -1.58. The number of nitrogens with zero attached hydrogens (tertiary/aromatic N) is 2. The monoisotopic (exact) mass is 537 g/mol. The van der Waals surface area contributed by atoms with E-state index in [1.807, 2.05) is 4.57 Å². The van der Waals surface area contributed by atoms with Crippen molar-refractivity contribution in [1.82, 2.24) is 14.9 Å². The number of nitrogens with one attached hydrogen (secondary N) is 1. The summed E-state index contributed by atoms with van der Waals surface area (Å²) in [5, 5.41) is 25.4. The molecule has 0 saturated carbocycles. The van der Waals surface area contributed by atoms with Crippen LogP contribution in [-0.2, 0) is 39.5 Å². The first-order valence-electron chi connectivity index (χ1n) is 12.7. The number of ether oxygens (including phenoxy) is 1. The van der Waals surface area contributed by atoms with Crippen LogP contribution in [0.2, 0.25) is 0 Å². The maximum absolute atomic E-state index is 15.0. The number of fused-ring (bicyclic) bond motifs is 5. The van der Waals surface area contributed by atoms with E-state index in [2.05, 4.69) is 5.32 Å². The van der Waals surface area contributed by atoms with Gasteiger partial charge < -0.3 is 24.8 Å². The third kappa shape index (κ3) is 3.33. The first kappa shape index (κ1) is 25.1. The van der Waals surface area contributed by atoms with Crippen LogP contribution in [0.25, 0.3) is 22.3 Å². The van der Waals surface area contributed by atoms with Gasteiger partial charge in [0, 0.05) is 28.1 Å². The van der Waals surface area contributed by atoms with Crippen LogP contribution in [-0.4, -0.2) is 37.2 Å². The van der Waals surface area contributed by atoms with Gasteiger partial charge in [-0.25, -0.2) is 14.2 Å². The highest BCUT2D eigenvalue weighted by Gasteiger charge is 2.45. The van der Waals surface area contributed by atoms with Crippen molar-refractivity contribution < 1.29 is 28.9 Å². The summed E-state index contributed by atoms with van der Waals surface area (Å²) in [5.41, 5.74) is 2.30. The van der Waals surface area contributed by atoms with Gasteiger partial charge >= 0.3 is 5.97 Å². The molecule has 3 aliphatic rings. The van der Waals surface area contributed by atoms with Gasteiger partial charge in [-0.3, -0.25) is 4.79 Å². The van der Waals surface area contributed by atoms with Crippen molar-refractivity contribution in [2.24, 2.45) is 0 Å². The number of pyridine rings is 2. The highest BCUT2D eigenvalue weighted by Crippen LogP contribution is 2.47. The van der Waals surface area contributed by atoms with Crippen LogP contribution in [0.4, 0.5) is 4.39 Å². The van der Waals surface area contributed by atoms with Gasteiger partial charge in [-0.05, 0) is 62.8 Å². The summed E-state index contributed by atoms with van der Waals surface area (Å²) in [6, 6.07) is 2.72. The Bertz CT molecular complexity index is 1660. The lowest BCUT2D eigenvalue weighted by atomic mass is 9.81. The molecular formula is C28H28FN3O5S. The van der Waals surface area contributed by atoms with Crippen LogP contribution in [0.15, 0.2) is 12.1 Å². The summed E-state index contributed by atoms with van der Waals surface area (Å²) in [7, 11) is 0. The van der Waals surface area contributed by atoms with E-state index >= 15 is 0 Å². The summed E-state index contributed by atoms with van der Waals surface area (Å²) in [6.07, 6.45) is 1.19. The number of aromatic nitrogens is 2. The summed E-state index contributed by atoms with van der Waals surface area (Å²) in [6.45, 7) is 6.64. The third-order valence-corrected chi connectivity index (χ3v) is 8.71. The van der Waals surface area contributed by atoms with E-state index in [1.54, 1.807) is 19.9 Å². The maximum atomic E-state index is 15.0. The molecule has 0 radical (unpaired) electrons. The molecule has 0 bridgehead atoms. The maximum Gasteiger partial charge on any atom is 0.343 e. The molecule has 1 aliphatic carbocycles. The van der Waals surface area contributed by atoms with Gasteiger partial charge in [-0.2, -0.15) is 0 Å². The number of carbonyl (C=O) groups is 2. The van der Waals surface area contributed by atoms with Gasteiger partial charge in [-0.15, -0.1) is 0 Å². The van der Waals surface area contributed by atoms with E-state index < -0.39 is 29.1 Å². The van der Waals surface area contributed by atoms with Gasteiger partial charge in [0.2, 0.25) is 0 Å². The molecule has 0 spiro atoms. The normalized spacial score (nSPS) is 21.6. The number of hydrogen-bond acceptors (Lipinski definition) is 7. The van der Waals surface area contributed by atoms with Crippen LogP contribution in [0.1, 0.15) is 73.0 Å². The number of aliphatic hydroxyl groups is 2. The fourth-order valence-corrected chi connectivity index (χ4v) is 6.37. The fraction of sp³-hybridized carbons (Fsp3) is 0.429. The Kier molecular flexibility index (Phi) is 5.38. The topological polar surface area (TPSA) is 114 Å². The number of amides is 1. The molecule has 2 aromatic heterocycles. The minimum absolute atomic E-state index is 0.0347. The fourth-order valence-electron chi connectivity index (χ4n) is 6.03. The number of benzene rings is 1. The van der Waals surface area contributed by atoms with Crippen molar-refractivity contribution in [1.29, 1.82) is 0 Å².